The molecule has 1 fully saturated rings. The monoisotopic (exact) mass is 450 g/mol. The van der Waals surface area contributed by atoms with Gasteiger partial charge in [-0.2, -0.15) is 0 Å². The van der Waals surface area contributed by atoms with Crippen molar-refractivity contribution >= 4 is 27.7 Å². The fourth-order valence-electron chi connectivity index (χ4n) is 3.57. The molecule has 2 aromatic carbocycles. The summed E-state index contributed by atoms with van der Waals surface area (Å²) in [4.78, 5) is 16.7. The molecule has 1 aromatic heterocycles. The van der Waals surface area contributed by atoms with Gasteiger partial charge in [-0.25, -0.2) is 0 Å². The Morgan fingerprint density at radius 2 is 1.66 bits per heavy atom. The molecule has 1 aliphatic rings. The Bertz CT molecular complexity index is 981. The van der Waals surface area contributed by atoms with E-state index in [0.717, 1.165) is 40.2 Å². The molecular weight excluding hydrogens is 428 g/mol. The smallest absolute Gasteiger partial charge is 0.227 e. The maximum Gasteiger partial charge on any atom is 0.227 e. The van der Waals surface area contributed by atoms with Crippen LogP contribution in [0.2, 0.25) is 0 Å². The van der Waals surface area contributed by atoms with E-state index < -0.39 is 0 Å². The zero-order chi connectivity index (χ0) is 20.2. The molecule has 0 aliphatic carbocycles. The fraction of sp³-hybridized carbons (Fsp3) is 0.261. The molecule has 2 heterocycles. The quantitative estimate of drug-likeness (QED) is 0.599. The molecule has 148 valence electrons. The Morgan fingerprint density at radius 3 is 2.31 bits per heavy atom. The van der Waals surface area contributed by atoms with Crippen molar-refractivity contribution in [2.45, 2.75) is 13.3 Å². The highest BCUT2D eigenvalue weighted by Gasteiger charge is 2.22. The van der Waals surface area contributed by atoms with Gasteiger partial charge < -0.3 is 9.80 Å². The third kappa shape index (κ3) is 4.65. The molecule has 6 heteroatoms. The van der Waals surface area contributed by atoms with Crippen LogP contribution in [0, 0.1) is 6.92 Å². The van der Waals surface area contributed by atoms with Crippen LogP contribution in [0.3, 0.4) is 0 Å². The molecule has 0 spiro atoms. The number of halogens is 1. The third-order valence-corrected chi connectivity index (χ3v) is 5.83. The lowest BCUT2D eigenvalue weighted by atomic mass is 10.1. The maximum atomic E-state index is 12.6. The zero-order valence-corrected chi connectivity index (χ0v) is 18.0. The Hall–Kier alpha value is -2.73. The Labute approximate surface area is 179 Å². The molecule has 0 saturated carbocycles. The standard InChI is InChI=1S/C23H23BrN4O/c1-17-4-2-3-5-20(17)21-10-11-22(26-25-21)27-12-14-28(15-13-27)23(29)16-18-6-8-19(24)9-7-18/h2-11H,12-16H2,1H3. The topological polar surface area (TPSA) is 49.3 Å². The Balaban J connectivity index is 1.35. The number of benzene rings is 2. The van der Waals surface area contributed by atoms with Gasteiger partial charge in [0, 0.05) is 36.2 Å². The minimum absolute atomic E-state index is 0.174. The summed E-state index contributed by atoms with van der Waals surface area (Å²) in [5.41, 5.74) is 4.22. The van der Waals surface area contributed by atoms with Crippen LogP contribution in [0.25, 0.3) is 11.3 Å². The number of aryl methyl sites for hydroxylation is 1. The Morgan fingerprint density at radius 1 is 0.931 bits per heavy atom. The highest BCUT2D eigenvalue weighted by atomic mass is 79.9. The number of piperazine rings is 1. The number of rotatable bonds is 4. The average molecular weight is 451 g/mol. The number of nitrogens with zero attached hydrogens (tertiary/aromatic N) is 4. The molecule has 0 radical (unpaired) electrons. The van der Waals surface area contributed by atoms with Crippen molar-refractivity contribution < 1.29 is 4.79 Å². The summed E-state index contributed by atoms with van der Waals surface area (Å²) in [5.74, 6) is 1.04. The second-order valence-electron chi connectivity index (χ2n) is 7.26. The van der Waals surface area contributed by atoms with Crippen molar-refractivity contribution in [1.82, 2.24) is 15.1 Å². The van der Waals surface area contributed by atoms with E-state index in [9.17, 15) is 4.79 Å². The number of carbonyl (C=O) groups excluding carboxylic acids is 1. The number of hydrogen-bond donors (Lipinski definition) is 0. The first-order valence-corrected chi connectivity index (χ1v) is 10.6. The summed E-state index contributed by atoms with van der Waals surface area (Å²) in [6.45, 7) is 5.03. The molecule has 29 heavy (non-hydrogen) atoms. The number of aromatic nitrogens is 2. The van der Waals surface area contributed by atoms with Gasteiger partial charge >= 0.3 is 0 Å². The van der Waals surface area contributed by atoms with Gasteiger partial charge in [-0.1, -0.05) is 52.3 Å². The van der Waals surface area contributed by atoms with Gasteiger partial charge in [0.05, 0.1) is 12.1 Å². The van der Waals surface area contributed by atoms with E-state index in [-0.39, 0.29) is 5.91 Å². The summed E-state index contributed by atoms with van der Waals surface area (Å²) in [6.07, 6.45) is 0.443. The van der Waals surface area contributed by atoms with Gasteiger partial charge in [-0.3, -0.25) is 4.79 Å². The summed E-state index contributed by atoms with van der Waals surface area (Å²) >= 11 is 3.43. The first-order chi connectivity index (χ1) is 14.1. The van der Waals surface area contributed by atoms with Crippen LogP contribution in [0.15, 0.2) is 65.1 Å². The molecule has 0 atom stereocenters. The van der Waals surface area contributed by atoms with Crippen molar-refractivity contribution in [1.29, 1.82) is 0 Å². The molecule has 1 saturated heterocycles. The highest BCUT2D eigenvalue weighted by Crippen LogP contribution is 2.22. The minimum Gasteiger partial charge on any atom is -0.352 e. The summed E-state index contributed by atoms with van der Waals surface area (Å²) < 4.78 is 1.02. The van der Waals surface area contributed by atoms with Crippen molar-refractivity contribution in [2.75, 3.05) is 31.1 Å². The van der Waals surface area contributed by atoms with Crippen molar-refractivity contribution in [3.63, 3.8) is 0 Å². The lowest BCUT2D eigenvalue weighted by molar-refractivity contribution is -0.130. The van der Waals surface area contributed by atoms with E-state index in [1.54, 1.807) is 0 Å². The van der Waals surface area contributed by atoms with Crippen LogP contribution in [0.4, 0.5) is 5.82 Å². The molecule has 0 N–H and O–H groups in total. The zero-order valence-electron chi connectivity index (χ0n) is 16.4. The van der Waals surface area contributed by atoms with Gasteiger partial charge in [0.15, 0.2) is 5.82 Å². The first kappa shape index (κ1) is 19.6. The lowest BCUT2D eigenvalue weighted by Crippen LogP contribution is -2.49. The van der Waals surface area contributed by atoms with E-state index in [4.69, 9.17) is 0 Å². The normalized spacial score (nSPS) is 14.1. The highest BCUT2D eigenvalue weighted by molar-refractivity contribution is 9.10. The van der Waals surface area contributed by atoms with E-state index >= 15 is 0 Å². The van der Waals surface area contributed by atoms with Gasteiger partial charge in [0.25, 0.3) is 0 Å². The number of carbonyl (C=O) groups is 1. The maximum absolute atomic E-state index is 12.6. The molecular formula is C23H23BrN4O. The molecule has 1 aliphatic heterocycles. The van der Waals surface area contributed by atoms with E-state index in [0.29, 0.717) is 19.5 Å². The summed E-state index contributed by atoms with van der Waals surface area (Å²) in [5, 5.41) is 8.86. The summed E-state index contributed by atoms with van der Waals surface area (Å²) in [6, 6.07) is 20.2. The average Bonchev–Trinajstić information content (AvgIpc) is 2.76. The predicted molar refractivity (Wildman–Crippen MR) is 119 cm³/mol. The van der Waals surface area contributed by atoms with E-state index in [1.807, 2.05) is 53.4 Å². The largest absolute Gasteiger partial charge is 0.352 e. The second-order valence-corrected chi connectivity index (χ2v) is 8.18. The van der Waals surface area contributed by atoms with Crippen molar-refractivity contribution in [3.8, 4) is 11.3 Å². The summed E-state index contributed by atoms with van der Waals surface area (Å²) in [7, 11) is 0. The number of amides is 1. The van der Waals surface area contributed by atoms with Crippen molar-refractivity contribution in [2.24, 2.45) is 0 Å². The van der Waals surface area contributed by atoms with Gasteiger partial charge in [0.2, 0.25) is 5.91 Å². The molecule has 4 rings (SSSR count). The fourth-order valence-corrected chi connectivity index (χ4v) is 3.84. The van der Waals surface area contributed by atoms with Crippen LogP contribution in [0.1, 0.15) is 11.1 Å². The van der Waals surface area contributed by atoms with Crippen LogP contribution in [0.5, 0.6) is 0 Å². The van der Waals surface area contributed by atoms with E-state index in [1.165, 1.54) is 5.56 Å². The van der Waals surface area contributed by atoms with Crippen LogP contribution < -0.4 is 4.90 Å². The molecule has 0 bridgehead atoms. The predicted octanol–water partition coefficient (Wildman–Crippen LogP) is 4.11. The molecule has 3 aromatic rings. The van der Waals surface area contributed by atoms with Crippen LogP contribution in [-0.2, 0) is 11.2 Å². The molecule has 1 amide bonds. The minimum atomic E-state index is 0.174. The van der Waals surface area contributed by atoms with Crippen molar-refractivity contribution in [3.05, 3.63) is 76.3 Å². The SMILES string of the molecule is Cc1ccccc1-c1ccc(N2CCN(C(=O)Cc3ccc(Br)cc3)CC2)nn1. The number of anilines is 1. The van der Waals surface area contributed by atoms with Crippen LogP contribution in [-0.4, -0.2) is 47.2 Å². The van der Waals surface area contributed by atoms with Gasteiger partial charge in [-0.15, -0.1) is 10.2 Å². The van der Waals surface area contributed by atoms with Crippen LogP contribution >= 0.6 is 15.9 Å². The number of hydrogen-bond acceptors (Lipinski definition) is 4. The molecule has 0 unspecified atom stereocenters. The molecule has 5 nitrogen and oxygen atoms in total. The van der Waals surface area contributed by atoms with E-state index in [2.05, 4.69) is 50.1 Å². The third-order valence-electron chi connectivity index (χ3n) is 5.30. The second kappa shape index (κ2) is 8.74. The van der Waals surface area contributed by atoms with Gasteiger partial charge in [0.1, 0.15) is 0 Å². The lowest BCUT2D eigenvalue weighted by Gasteiger charge is -2.35. The first-order valence-electron chi connectivity index (χ1n) is 9.77. The van der Waals surface area contributed by atoms with Gasteiger partial charge in [-0.05, 0) is 42.3 Å². The Kier molecular flexibility index (Phi) is 5.90.